The molecule has 0 spiro atoms. The zero-order chi connectivity index (χ0) is 21.0. The van der Waals surface area contributed by atoms with E-state index in [2.05, 4.69) is 5.32 Å². The van der Waals surface area contributed by atoms with Crippen molar-refractivity contribution in [1.29, 1.82) is 0 Å². The van der Waals surface area contributed by atoms with Gasteiger partial charge in [-0.1, -0.05) is 12.1 Å². The van der Waals surface area contributed by atoms with Gasteiger partial charge < -0.3 is 10.1 Å². The highest BCUT2D eigenvalue weighted by atomic mass is 32.2. The van der Waals surface area contributed by atoms with Crippen molar-refractivity contribution in [3.8, 4) is 0 Å². The Balaban J connectivity index is 1.42. The Kier molecular flexibility index (Phi) is 6.77. The van der Waals surface area contributed by atoms with E-state index in [1.54, 1.807) is 42.1 Å². The highest BCUT2D eigenvalue weighted by Gasteiger charge is 2.27. The number of benzene rings is 2. The van der Waals surface area contributed by atoms with Gasteiger partial charge in [-0.05, 0) is 62.1 Å². The summed E-state index contributed by atoms with van der Waals surface area (Å²) in [6.07, 6.45) is 4.21. The van der Waals surface area contributed by atoms with Crippen LogP contribution in [-0.2, 0) is 14.8 Å². The lowest BCUT2D eigenvalue weighted by Gasteiger charge is -2.16. The molecule has 2 heterocycles. The predicted molar refractivity (Wildman–Crippen MR) is 119 cm³/mol. The maximum Gasteiger partial charge on any atom is 0.256 e. The van der Waals surface area contributed by atoms with E-state index in [1.165, 1.54) is 4.31 Å². The van der Waals surface area contributed by atoms with Crippen molar-refractivity contribution in [2.24, 2.45) is 0 Å². The first-order valence-corrected chi connectivity index (χ1v) is 12.7. The molecule has 2 aliphatic heterocycles. The molecule has 6 nitrogen and oxygen atoms in total. The molecule has 0 radical (unpaired) electrons. The number of nitrogens with zero attached hydrogens (tertiary/aromatic N) is 1. The lowest BCUT2D eigenvalue weighted by Crippen LogP contribution is -2.27. The van der Waals surface area contributed by atoms with Crippen LogP contribution in [0.15, 0.2) is 58.3 Å². The van der Waals surface area contributed by atoms with Crippen LogP contribution >= 0.6 is 11.8 Å². The molecule has 4 rings (SSSR count). The second kappa shape index (κ2) is 9.51. The van der Waals surface area contributed by atoms with Crippen molar-refractivity contribution < 1.29 is 17.9 Å². The minimum atomic E-state index is -3.45. The van der Waals surface area contributed by atoms with E-state index in [4.69, 9.17) is 4.74 Å². The molecular weight excluding hydrogens is 420 g/mol. The maximum absolute atomic E-state index is 12.8. The molecule has 1 atom stereocenters. The van der Waals surface area contributed by atoms with Gasteiger partial charge >= 0.3 is 0 Å². The Labute approximate surface area is 182 Å². The molecule has 2 aromatic carbocycles. The van der Waals surface area contributed by atoms with Gasteiger partial charge in [0.05, 0.1) is 16.6 Å². The highest BCUT2D eigenvalue weighted by molar-refractivity contribution is 7.99. The molecule has 1 amide bonds. The van der Waals surface area contributed by atoms with Crippen LogP contribution in [-0.4, -0.2) is 50.2 Å². The number of ether oxygens (including phenoxy) is 1. The van der Waals surface area contributed by atoms with Crippen molar-refractivity contribution in [2.75, 3.05) is 30.8 Å². The van der Waals surface area contributed by atoms with Gasteiger partial charge in [0, 0.05) is 36.0 Å². The molecular formula is C22H26N2O4S2. The average Bonchev–Trinajstić information content (AvgIpc) is 3.47. The summed E-state index contributed by atoms with van der Waals surface area (Å²) >= 11 is 1.63. The lowest BCUT2D eigenvalue weighted by atomic mass is 10.2. The van der Waals surface area contributed by atoms with E-state index >= 15 is 0 Å². The Hall–Kier alpha value is -1.87. The molecule has 30 heavy (non-hydrogen) atoms. The minimum absolute atomic E-state index is 0.208. The fourth-order valence-corrected chi connectivity index (χ4v) is 6.36. The number of hydrogen-bond acceptors (Lipinski definition) is 5. The molecule has 0 bridgehead atoms. The quantitative estimate of drug-likeness (QED) is 0.651. The highest BCUT2D eigenvalue weighted by Crippen LogP contribution is 2.28. The molecule has 0 aromatic heterocycles. The summed E-state index contributed by atoms with van der Waals surface area (Å²) < 4.78 is 32.5. The third-order valence-corrected chi connectivity index (χ3v) is 8.51. The van der Waals surface area contributed by atoms with E-state index in [0.29, 0.717) is 24.3 Å². The number of carbonyl (C=O) groups excluding carboxylic acids is 1. The standard InChI is InChI=1S/C22H26N2O4S2/c25-22(20-7-1-2-8-21(20)29-16-18-6-5-15-28-18)23-17-9-11-19(12-10-17)30(26,27)24-13-3-4-14-24/h1-2,7-12,18H,3-6,13-16H2,(H,23,25). The van der Waals surface area contributed by atoms with E-state index in [-0.39, 0.29) is 16.9 Å². The van der Waals surface area contributed by atoms with Crippen LogP contribution in [0.5, 0.6) is 0 Å². The third-order valence-electron chi connectivity index (χ3n) is 5.40. The topological polar surface area (TPSA) is 75.7 Å². The zero-order valence-electron chi connectivity index (χ0n) is 16.7. The monoisotopic (exact) mass is 446 g/mol. The number of anilines is 1. The second-order valence-electron chi connectivity index (χ2n) is 7.53. The Morgan fingerprint density at radius 2 is 1.80 bits per heavy atom. The van der Waals surface area contributed by atoms with Gasteiger partial charge in [0.15, 0.2) is 0 Å². The average molecular weight is 447 g/mol. The number of hydrogen-bond donors (Lipinski definition) is 1. The molecule has 2 saturated heterocycles. The molecule has 2 fully saturated rings. The van der Waals surface area contributed by atoms with Gasteiger partial charge in [0.1, 0.15) is 0 Å². The Morgan fingerprint density at radius 3 is 2.50 bits per heavy atom. The van der Waals surface area contributed by atoms with E-state index in [9.17, 15) is 13.2 Å². The van der Waals surface area contributed by atoms with Gasteiger partial charge in [-0.2, -0.15) is 4.31 Å². The number of carbonyl (C=O) groups is 1. The summed E-state index contributed by atoms with van der Waals surface area (Å²) in [5.74, 6) is 0.619. The summed E-state index contributed by atoms with van der Waals surface area (Å²) in [4.78, 5) is 14.0. The van der Waals surface area contributed by atoms with Gasteiger partial charge in [0.25, 0.3) is 5.91 Å². The molecule has 2 aliphatic rings. The van der Waals surface area contributed by atoms with Gasteiger partial charge in [-0.25, -0.2) is 8.42 Å². The summed E-state index contributed by atoms with van der Waals surface area (Å²) in [5, 5.41) is 2.88. The number of thioether (sulfide) groups is 1. The number of rotatable bonds is 7. The van der Waals surface area contributed by atoms with Crippen LogP contribution in [0.4, 0.5) is 5.69 Å². The Morgan fingerprint density at radius 1 is 1.07 bits per heavy atom. The number of nitrogens with one attached hydrogen (secondary N) is 1. The normalized spacial score (nSPS) is 19.8. The SMILES string of the molecule is O=C(Nc1ccc(S(=O)(=O)N2CCCC2)cc1)c1ccccc1SCC1CCCO1. The maximum atomic E-state index is 12.8. The molecule has 1 unspecified atom stereocenters. The van der Waals surface area contributed by atoms with E-state index in [0.717, 1.165) is 42.9 Å². The van der Waals surface area contributed by atoms with Crippen molar-refractivity contribution in [3.05, 3.63) is 54.1 Å². The molecule has 1 N–H and O–H groups in total. The van der Waals surface area contributed by atoms with Crippen LogP contribution in [0, 0.1) is 0 Å². The van der Waals surface area contributed by atoms with E-state index < -0.39 is 10.0 Å². The summed E-state index contributed by atoms with van der Waals surface area (Å²) in [6.45, 7) is 1.96. The van der Waals surface area contributed by atoms with Crippen LogP contribution in [0.25, 0.3) is 0 Å². The number of amides is 1. The van der Waals surface area contributed by atoms with Gasteiger partial charge in [-0.15, -0.1) is 11.8 Å². The molecule has 8 heteroatoms. The van der Waals surface area contributed by atoms with Crippen molar-refractivity contribution in [2.45, 2.75) is 41.6 Å². The third kappa shape index (κ3) is 4.88. The largest absolute Gasteiger partial charge is 0.377 e. The summed E-state index contributed by atoms with van der Waals surface area (Å²) in [7, 11) is -3.45. The fraction of sp³-hybridized carbons (Fsp3) is 0.409. The smallest absolute Gasteiger partial charge is 0.256 e. The first-order chi connectivity index (χ1) is 14.5. The molecule has 160 valence electrons. The summed E-state index contributed by atoms with van der Waals surface area (Å²) in [5.41, 5.74) is 1.17. The van der Waals surface area contributed by atoms with Crippen LogP contribution in [0.2, 0.25) is 0 Å². The van der Waals surface area contributed by atoms with E-state index in [1.807, 2.05) is 18.2 Å². The predicted octanol–water partition coefficient (Wildman–Crippen LogP) is 3.99. The van der Waals surface area contributed by atoms with Crippen LogP contribution in [0.3, 0.4) is 0 Å². The lowest BCUT2D eigenvalue weighted by molar-refractivity contribution is 0.102. The Bertz CT molecular complexity index is 980. The van der Waals surface area contributed by atoms with Crippen molar-refractivity contribution >= 4 is 33.4 Å². The van der Waals surface area contributed by atoms with Gasteiger partial charge in [-0.3, -0.25) is 4.79 Å². The molecule has 2 aromatic rings. The first kappa shape index (κ1) is 21.4. The van der Waals surface area contributed by atoms with Crippen LogP contribution in [0.1, 0.15) is 36.0 Å². The van der Waals surface area contributed by atoms with Crippen molar-refractivity contribution in [3.63, 3.8) is 0 Å². The first-order valence-electron chi connectivity index (χ1n) is 10.3. The van der Waals surface area contributed by atoms with Crippen molar-refractivity contribution in [1.82, 2.24) is 4.31 Å². The molecule has 0 saturated carbocycles. The molecule has 0 aliphatic carbocycles. The number of sulfonamides is 1. The minimum Gasteiger partial charge on any atom is -0.377 e. The second-order valence-corrected chi connectivity index (χ2v) is 10.5. The summed E-state index contributed by atoms with van der Waals surface area (Å²) in [6, 6.07) is 13.9. The zero-order valence-corrected chi connectivity index (χ0v) is 18.4. The van der Waals surface area contributed by atoms with Crippen LogP contribution < -0.4 is 5.32 Å². The van der Waals surface area contributed by atoms with Gasteiger partial charge in [0.2, 0.25) is 10.0 Å². The fourth-order valence-electron chi connectivity index (χ4n) is 3.72.